The van der Waals surface area contributed by atoms with Gasteiger partial charge >= 0.3 is 0 Å². The van der Waals surface area contributed by atoms with Crippen LogP contribution in [-0.2, 0) is 0 Å². The maximum absolute atomic E-state index is 12.7. The summed E-state index contributed by atoms with van der Waals surface area (Å²) in [6.45, 7) is 0.452. The Labute approximate surface area is 71.3 Å². The van der Waals surface area contributed by atoms with Crippen molar-refractivity contribution in [2.45, 2.75) is 38.0 Å². The van der Waals surface area contributed by atoms with E-state index in [1.807, 2.05) is 0 Å². The molecule has 0 unspecified atom stereocenters. The predicted octanol–water partition coefficient (Wildman–Crippen LogP) is 2.16. The first-order valence-corrected chi connectivity index (χ1v) is 4.66. The lowest BCUT2D eigenvalue weighted by Gasteiger charge is -2.54. The average molecular weight is 175 g/mol. The normalized spacial score (nSPS) is 32.2. The van der Waals surface area contributed by atoms with Crippen LogP contribution in [-0.4, -0.2) is 12.5 Å². The summed E-state index contributed by atoms with van der Waals surface area (Å²) in [6, 6.07) is 0. The van der Waals surface area contributed by atoms with E-state index in [-0.39, 0.29) is 18.3 Å². The highest BCUT2D eigenvalue weighted by Crippen LogP contribution is 2.59. The van der Waals surface area contributed by atoms with Crippen LogP contribution in [0.15, 0.2) is 0 Å². The second-order valence-corrected chi connectivity index (χ2v) is 4.40. The Morgan fingerprint density at radius 2 is 1.83 bits per heavy atom. The Balaban J connectivity index is 1.99. The average Bonchev–Trinajstić information content (AvgIpc) is 1.78. The predicted molar refractivity (Wildman–Crippen MR) is 43.0 cm³/mol. The molecule has 0 spiro atoms. The van der Waals surface area contributed by atoms with Crippen LogP contribution < -0.4 is 5.73 Å². The minimum Gasteiger partial charge on any atom is -0.330 e. The molecule has 2 fully saturated rings. The van der Waals surface area contributed by atoms with Crippen molar-refractivity contribution in [1.82, 2.24) is 0 Å². The molecule has 2 saturated carbocycles. The highest BCUT2D eigenvalue weighted by molar-refractivity contribution is 5.05. The molecule has 2 aliphatic carbocycles. The number of hydrogen-bond donors (Lipinski definition) is 1. The molecule has 0 radical (unpaired) electrons. The topological polar surface area (TPSA) is 26.0 Å². The Hall–Kier alpha value is -0.180. The van der Waals surface area contributed by atoms with Crippen LogP contribution >= 0.6 is 0 Å². The van der Waals surface area contributed by atoms with Crippen LogP contribution in [0, 0.1) is 11.3 Å². The minimum absolute atomic E-state index is 0.0428. The van der Waals surface area contributed by atoms with E-state index < -0.39 is 5.92 Å². The molecule has 0 aromatic heterocycles. The molecule has 0 heterocycles. The second kappa shape index (κ2) is 2.41. The lowest BCUT2D eigenvalue weighted by Crippen LogP contribution is -2.56. The maximum Gasteiger partial charge on any atom is 0.249 e. The van der Waals surface area contributed by atoms with Crippen LogP contribution in [0.4, 0.5) is 8.78 Å². The van der Waals surface area contributed by atoms with Gasteiger partial charge in [0.05, 0.1) is 0 Å². The van der Waals surface area contributed by atoms with Crippen molar-refractivity contribution in [3.05, 3.63) is 0 Å². The maximum atomic E-state index is 12.7. The van der Waals surface area contributed by atoms with Crippen molar-refractivity contribution in [3.63, 3.8) is 0 Å². The summed E-state index contributed by atoms with van der Waals surface area (Å²) in [5.41, 5.74) is 5.39. The molecule has 0 bridgehead atoms. The van der Waals surface area contributed by atoms with Crippen LogP contribution in [0.25, 0.3) is 0 Å². The number of nitrogens with two attached hydrogens (primary N) is 1. The summed E-state index contributed by atoms with van der Waals surface area (Å²) in [4.78, 5) is 0. The molecule has 70 valence electrons. The van der Waals surface area contributed by atoms with E-state index in [0.29, 0.717) is 12.5 Å². The molecule has 0 amide bonds. The van der Waals surface area contributed by atoms with Crippen molar-refractivity contribution in [3.8, 4) is 0 Å². The third-order valence-corrected chi connectivity index (χ3v) is 3.60. The van der Waals surface area contributed by atoms with Crippen LogP contribution in [0.2, 0.25) is 0 Å². The Morgan fingerprint density at radius 3 is 2.08 bits per heavy atom. The molecule has 2 rings (SSSR count). The standard InChI is InChI=1S/C9H15F2N/c10-9(11)4-8(5-9,6-12)7-2-1-3-7/h7H,1-6,12H2. The van der Waals surface area contributed by atoms with Crippen molar-refractivity contribution in [2.24, 2.45) is 17.1 Å². The monoisotopic (exact) mass is 175 g/mol. The zero-order chi connectivity index (χ0) is 8.82. The van der Waals surface area contributed by atoms with Crippen molar-refractivity contribution in [1.29, 1.82) is 0 Å². The highest BCUT2D eigenvalue weighted by atomic mass is 19.3. The Kier molecular flexibility index (Phi) is 1.69. The quantitative estimate of drug-likeness (QED) is 0.683. The number of halogens is 2. The van der Waals surface area contributed by atoms with Gasteiger partial charge in [-0.15, -0.1) is 0 Å². The van der Waals surface area contributed by atoms with Crippen molar-refractivity contribution < 1.29 is 8.78 Å². The largest absolute Gasteiger partial charge is 0.330 e. The molecule has 2 aliphatic rings. The number of hydrogen-bond acceptors (Lipinski definition) is 1. The van der Waals surface area contributed by atoms with Crippen LogP contribution in [0.3, 0.4) is 0 Å². The third kappa shape index (κ3) is 1.06. The van der Waals surface area contributed by atoms with Gasteiger partial charge in [0.25, 0.3) is 0 Å². The smallest absolute Gasteiger partial charge is 0.249 e. The van der Waals surface area contributed by atoms with Crippen molar-refractivity contribution in [2.75, 3.05) is 6.54 Å². The van der Waals surface area contributed by atoms with Gasteiger partial charge in [-0.3, -0.25) is 0 Å². The van der Waals surface area contributed by atoms with Gasteiger partial charge in [-0.05, 0) is 30.7 Å². The SMILES string of the molecule is NCC1(C2CCC2)CC(F)(F)C1. The first kappa shape index (κ1) is 8.42. The molecular weight excluding hydrogens is 160 g/mol. The fourth-order valence-corrected chi connectivity index (χ4v) is 2.60. The van der Waals surface area contributed by atoms with E-state index in [1.165, 1.54) is 6.42 Å². The fourth-order valence-electron chi connectivity index (χ4n) is 2.60. The van der Waals surface area contributed by atoms with E-state index >= 15 is 0 Å². The zero-order valence-electron chi connectivity index (χ0n) is 7.15. The van der Waals surface area contributed by atoms with Gasteiger partial charge in [0.15, 0.2) is 0 Å². The van der Waals surface area contributed by atoms with E-state index in [0.717, 1.165) is 12.8 Å². The van der Waals surface area contributed by atoms with Gasteiger partial charge in [0.2, 0.25) is 5.92 Å². The highest BCUT2D eigenvalue weighted by Gasteiger charge is 2.59. The summed E-state index contributed by atoms with van der Waals surface area (Å²) in [5, 5.41) is 0. The molecule has 2 N–H and O–H groups in total. The van der Waals surface area contributed by atoms with Gasteiger partial charge in [-0.1, -0.05) is 6.42 Å². The molecule has 0 aliphatic heterocycles. The van der Waals surface area contributed by atoms with Crippen molar-refractivity contribution >= 4 is 0 Å². The zero-order valence-corrected chi connectivity index (χ0v) is 7.15. The summed E-state index contributed by atoms with van der Waals surface area (Å²) >= 11 is 0. The molecule has 0 aromatic carbocycles. The molecule has 12 heavy (non-hydrogen) atoms. The van der Waals surface area contributed by atoms with Gasteiger partial charge in [-0.2, -0.15) is 0 Å². The van der Waals surface area contributed by atoms with Gasteiger partial charge in [0, 0.05) is 12.8 Å². The fraction of sp³-hybridized carbons (Fsp3) is 1.00. The van der Waals surface area contributed by atoms with E-state index in [1.54, 1.807) is 0 Å². The van der Waals surface area contributed by atoms with Gasteiger partial charge in [0.1, 0.15) is 0 Å². The Morgan fingerprint density at radius 1 is 1.25 bits per heavy atom. The number of rotatable bonds is 2. The lowest BCUT2D eigenvalue weighted by atomic mass is 9.53. The molecule has 0 saturated heterocycles. The van der Waals surface area contributed by atoms with E-state index in [9.17, 15) is 8.78 Å². The summed E-state index contributed by atoms with van der Waals surface area (Å²) in [7, 11) is 0. The van der Waals surface area contributed by atoms with Gasteiger partial charge < -0.3 is 5.73 Å². The first-order valence-electron chi connectivity index (χ1n) is 4.66. The molecule has 1 nitrogen and oxygen atoms in total. The van der Waals surface area contributed by atoms with Crippen LogP contribution in [0.5, 0.6) is 0 Å². The lowest BCUT2D eigenvalue weighted by molar-refractivity contribution is -0.189. The molecule has 0 atom stereocenters. The second-order valence-electron chi connectivity index (χ2n) is 4.40. The van der Waals surface area contributed by atoms with E-state index in [2.05, 4.69) is 0 Å². The third-order valence-electron chi connectivity index (χ3n) is 3.60. The van der Waals surface area contributed by atoms with E-state index in [4.69, 9.17) is 5.73 Å². The molecular formula is C9H15F2N. The minimum atomic E-state index is -2.41. The summed E-state index contributed by atoms with van der Waals surface area (Å²) in [5.74, 6) is -1.91. The number of alkyl halides is 2. The molecule has 0 aromatic rings. The van der Waals surface area contributed by atoms with Gasteiger partial charge in [-0.25, -0.2) is 8.78 Å². The first-order chi connectivity index (χ1) is 5.58. The summed E-state index contributed by atoms with van der Waals surface area (Å²) < 4.78 is 25.4. The summed E-state index contributed by atoms with van der Waals surface area (Å²) in [6.07, 6.45) is 3.53. The van der Waals surface area contributed by atoms with Crippen LogP contribution in [0.1, 0.15) is 32.1 Å². The molecule has 3 heteroatoms. The Bertz CT molecular complexity index is 179.